The molecular weight excluding hydrogens is 451 g/mol. The van der Waals surface area contributed by atoms with Crippen LogP contribution in [0.2, 0.25) is 0 Å². The van der Waals surface area contributed by atoms with Gasteiger partial charge in [-0.15, -0.1) is 0 Å². The molecule has 2 aliphatic heterocycles. The number of carbonyl (C=O) groups excluding carboxylic acids is 1. The lowest BCUT2D eigenvalue weighted by molar-refractivity contribution is -0.147. The Kier molecular flexibility index (Phi) is 5.76. The highest BCUT2D eigenvalue weighted by molar-refractivity contribution is 5.94. The molecule has 2 aliphatic rings. The average Bonchev–Trinajstić information content (AvgIpc) is 2.87. The van der Waals surface area contributed by atoms with Crippen molar-refractivity contribution in [3.63, 3.8) is 0 Å². The molecule has 0 radical (unpaired) electrons. The van der Waals surface area contributed by atoms with Crippen molar-refractivity contribution < 1.29 is 28.6 Å². The van der Waals surface area contributed by atoms with E-state index in [9.17, 15) is 19.1 Å². The number of carboxylic acid groups (broad SMARTS) is 1. The molecule has 5 rings (SSSR count). The molecule has 2 aromatic carbocycles. The van der Waals surface area contributed by atoms with Crippen LogP contribution in [0.1, 0.15) is 41.3 Å². The predicted octanol–water partition coefficient (Wildman–Crippen LogP) is 4.71. The molecule has 3 aromatic rings. The molecule has 3 heterocycles. The lowest BCUT2D eigenvalue weighted by Gasteiger charge is -2.36. The summed E-state index contributed by atoms with van der Waals surface area (Å²) in [6, 6.07) is 15.2. The summed E-state index contributed by atoms with van der Waals surface area (Å²) in [7, 11) is 0. The number of halogens is 1. The molecular formula is C27H25FN2O5. The third-order valence-electron chi connectivity index (χ3n) is 6.71. The lowest BCUT2D eigenvalue weighted by Crippen LogP contribution is -2.40. The standard InChI is InChI=1S/C27H25FN2O5/c1-27(2,26(32)33)22-18-4-3-5-20(28)23(18)35-24-19(22)10-11-21(29-24)16-6-8-17(9-7-16)25(31)30-12-14-34-15-13-30/h3-11,22H,12-15H2,1-2H3,(H,32,33)/t22-/m0/s1. The maximum Gasteiger partial charge on any atom is 0.310 e. The molecule has 1 atom stereocenters. The summed E-state index contributed by atoms with van der Waals surface area (Å²) in [6.45, 7) is 5.43. The number of aromatic nitrogens is 1. The molecule has 8 heteroatoms. The zero-order chi connectivity index (χ0) is 24.7. The van der Waals surface area contributed by atoms with Crippen molar-refractivity contribution in [1.29, 1.82) is 0 Å². The zero-order valence-electron chi connectivity index (χ0n) is 19.5. The van der Waals surface area contributed by atoms with Crippen LogP contribution in [-0.4, -0.2) is 53.2 Å². The van der Waals surface area contributed by atoms with Crippen molar-refractivity contribution in [2.75, 3.05) is 26.3 Å². The smallest absolute Gasteiger partial charge is 0.310 e. The van der Waals surface area contributed by atoms with Crippen LogP contribution in [0.5, 0.6) is 11.6 Å². The molecule has 1 saturated heterocycles. The first-order chi connectivity index (χ1) is 16.8. The fraction of sp³-hybridized carbons (Fsp3) is 0.296. The van der Waals surface area contributed by atoms with E-state index in [2.05, 4.69) is 4.98 Å². The van der Waals surface area contributed by atoms with Crippen LogP contribution in [0.3, 0.4) is 0 Å². The van der Waals surface area contributed by atoms with Crippen LogP contribution in [0.15, 0.2) is 54.6 Å². The number of fused-ring (bicyclic) bond motifs is 2. The monoisotopic (exact) mass is 476 g/mol. The van der Waals surface area contributed by atoms with Gasteiger partial charge in [-0.05, 0) is 38.1 Å². The molecule has 0 spiro atoms. The van der Waals surface area contributed by atoms with Crippen molar-refractivity contribution in [3.8, 4) is 22.9 Å². The molecule has 7 nitrogen and oxygen atoms in total. The van der Waals surface area contributed by atoms with Gasteiger partial charge in [0.25, 0.3) is 5.91 Å². The molecule has 180 valence electrons. The Morgan fingerprint density at radius 1 is 1.03 bits per heavy atom. The number of para-hydroxylation sites is 1. The molecule has 1 amide bonds. The number of hydrogen-bond acceptors (Lipinski definition) is 5. The Morgan fingerprint density at radius 3 is 2.43 bits per heavy atom. The second kappa shape index (κ2) is 8.78. The van der Waals surface area contributed by atoms with Gasteiger partial charge < -0.3 is 19.5 Å². The summed E-state index contributed by atoms with van der Waals surface area (Å²) >= 11 is 0. The van der Waals surface area contributed by atoms with Crippen LogP contribution in [-0.2, 0) is 9.53 Å². The van der Waals surface area contributed by atoms with E-state index in [1.165, 1.54) is 6.07 Å². The molecule has 0 bridgehead atoms. The lowest BCUT2D eigenvalue weighted by atomic mass is 9.70. The van der Waals surface area contributed by atoms with Crippen LogP contribution in [0.4, 0.5) is 4.39 Å². The number of morpholine rings is 1. The van der Waals surface area contributed by atoms with Crippen molar-refractivity contribution in [2.45, 2.75) is 19.8 Å². The molecule has 35 heavy (non-hydrogen) atoms. The molecule has 0 unspecified atom stereocenters. The SMILES string of the molecule is CC(C)(C(=O)O)[C@@H]1c2ccc(-c3ccc(C(=O)N4CCOCC4)cc3)nc2Oc2c(F)cccc21. The largest absolute Gasteiger partial charge is 0.481 e. The van der Waals surface area contributed by atoms with Crippen molar-refractivity contribution in [3.05, 3.63) is 77.1 Å². The second-order valence-corrected chi connectivity index (χ2v) is 9.29. The number of nitrogens with zero attached hydrogens (tertiary/aromatic N) is 2. The Labute approximate surface area is 202 Å². The maximum atomic E-state index is 14.7. The van der Waals surface area contributed by atoms with Crippen LogP contribution in [0, 0.1) is 11.2 Å². The first-order valence-corrected chi connectivity index (χ1v) is 11.5. The van der Waals surface area contributed by atoms with Crippen LogP contribution >= 0.6 is 0 Å². The number of pyridine rings is 1. The minimum atomic E-state index is -1.23. The Morgan fingerprint density at radius 2 is 1.74 bits per heavy atom. The summed E-state index contributed by atoms with van der Waals surface area (Å²) in [4.78, 5) is 31.2. The van der Waals surface area contributed by atoms with E-state index < -0.39 is 23.1 Å². The highest BCUT2D eigenvalue weighted by atomic mass is 19.1. The van der Waals surface area contributed by atoms with Crippen molar-refractivity contribution in [2.24, 2.45) is 5.41 Å². The predicted molar refractivity (Wildman–Crippen MR) is 126 cm³/mol. The first kappa shape index (κ1) is 23.0. The van der Waals surface area contributed by atoms with Gasteiger partial charge in [0, 0.05) is 41.3 Å². The summed E-state index contributed by atoms with van der Waals surface area (Å²) < 4.78 is 25.9. The zero-order valence-corrected chi connectivity index (χ0v) is 19.5. The van der Waals surface area contributed by atoms with E-state index >= 15 is 0 Å². The van der Waals surface area contributed by atoms with Gasteiger partial charge in [-0.3, -0.25) is 9.59 Å². The van der Waals surface area contributed by atoms with Gasteiger partial charge in [0.15, 0.2) is 11.6 Å². The number of rotatable bonds is 4. The van der Waals surface area contributed by atoms with E-state index in [0.29, 0.717) is 48.7 Å². The maximum absolute atomic E-state index is 14.7. The number of aliphatic carboxylic acids is 1. The Balaban J connectivity index is 1.50. The summed E-state index contributed by atoms with van der Waals surface area (Å²) in [5, 5.41) is 9.92. The van der Waals surface area contributed by atoms with E-state index in [4.69, 9.17) is 9.47 Å². The first-order valence-electron chi connectivity index (χ1n) is 11.5. The second-order valence-electron chi connectivity index (χ2n) is 9.29. The molecule has 1 N–H and O–H groups in total. The number of carbonyl (C=O) groups is 2. The topological polar surface area (TPSA) is 89.0 Å². The molecule has 1 aromatic heterocycles. The number of ether oxygens (including phenoxy) is 2. The normalized spacial score (nSPS) is 17.2. The highest BCUT2D eigenvalue weighted by Crippen LogP contribution is 2.52. The minimum Gasteiger partial charge on any atom is -0.481 e. The van der Waals surface area contributed by atoms with Gasteiger partial charge in [0.1, 0.15) is 0 Å². The van der Waals surface area contributed by atoms with Gasteiger partial charge in [-0.25, -0.2) is 9.37 Å². The number of hydrogen-bond donors (Lipinski definition) is 1. The molecule has 0 saturated carbocycles. The molecule has 0 aliphatic carbocycles. The van der Waals surface area contributed by atoms with E-state index in [0.717, 1.165) is 5.56 Å². The average molecular weight is 477 g/mol. The van der Waals surface area contributed by atoms with Crippen LogP contribution in [0.25, 0.3) is 11.3 Å². The molecule has 1 fully saturated rings. The van der Waals surface area contributed by atoms with Gasteiger partial charge in [-0.2, -0.15) is 0 Å². The Bertz CT molecular complexity index is 1300. The quantitative estimate of drug-likeness (QED) is 0.587. The summed E-state index contributed by atoms with van der Waals surface area (Å²) in [6.07, 6.45) is 0. The Hall–Kier alpha value is -3.78. The summed E-state index contributed by atoms with van der Waals surface area (Å²) in [5.41, 5.74) is 1.73. The minimum absolute atomic E-state index is 0.00423. The third kappa shape index (κ3) is 4.04. The van der Waals surface area contributed by atoms with Gasteiger partial charge in [-0.1, -0.05) is 30.3 Å². The van der Waals surface area contributed by atoms with Gasteiger partial charge >= 0.3 is 5.97 Å². The van der Waals surface area contributed by atoms with E-state index in [1.807, 2.05) is 0 Å². The van der Waals surface area contributed by atoms with Crippen molar-refractivity contribution in [1.82, 2.24) is 9.88 Å². The fourth-order valence-corrected chi connectivity index (χ4v) is 4.67. The summed E-state index contributed by atoms with van der Waals surface area (Å²) in [5.74, 6) is -2.10. The van der Waals surface area contributed by atoms with Gasteiger partial charge in [0.05, 0.1) is 24.3 Å². The number of carboxylic acids is 1. The number of benzene rings is 2. The van der Waals surface area contributed by atoms with E-state index in [-0.39, 0.29) is 17.5 Å². The third-order valence-corrected chi connectivity index (χ3v) is 6.71. The van der Waals surface area contributed by atoms with E-state index in [1.54, 1.807) is 67.3 Å². The fourth-order valence-electron chi connectivity index (χ4n) is 4.67. The highest BCUT2D eigenvalue weighted by Gasteiger charge is 2.44. The van der Waals surface area contributed by atoms with Crippen LogP contribution < -0.4 is 4.74 Å². The number of amides is 1. The van der Waals surface area contributed by atoms with Gasteiger partial charge in [0.2, 0.25) is 5.88 Å². The van der Waals surface area contributed by atoms with Crippen molar-refractivity contribution >= 4 is 11.9 Å².